The molecule has 14 N–H and O–H groups in total. The monoisotopic (exact) mass is 1050 g/mol. The fourth-order valence-electron chi connectivity index (χ4n) is 9.02. The number of hydrogen-bond donors (Lipinski definition) is 11. The van der Waals surface area contributed by atoms with E-state index in [4.69, 9.17) is 17.2 Å². The molecule has 0 bridgehead atoms. The highest BCUT2D eigenvalue weighted by molar-refractivity contribution is 5.99. The molecule has 1 aliphatic heterocycles. The molecule has 9 amide bonds. The van der Waals surface area contributed by atoms with Gasteiger partial charge in [0.2, 0.25) is 53.2 Å². The van der Waals surface area contributed by atoms with Crippen LogP contribution >= 0.6 is 0 Å². The van der Waals surface area contributed by atoms with Crippen molar-refractivity contribution < 1.29 is 43.2 Å². The van der Waals surface area contributed by atoms with Gasteiger partial charge in [0.05, 0.1) is 12.7 Å². The largest absolute Gasteiger partial charge is 0.370 e. The van der Waals surface area contributed by atoms with Crippen LogP contribution in [0.4, 0.5) is 0 Å². The van der Waals surface area contributed by atoms with Crippen molar-refractivity contribution in [3.8, 4) is 0 Å². The van der Waals surface area contributed by atoms with E-state index < -0.39 is 102 Å². The van der Waals surface area contributed by atoms with Crippen molar-refractivity contribution in [2.75, 3.05) is 27.2 Å². The zero-order valence-electron chi connectivity index (χ0n) is 43.6. The second-order valence-corrected chi connectivity index (χ2v) is 19.0. The highest BCUT2D eigenvalue weighted by atomic mass is 16.2. The molecule has 0 spiro atoms. The molecule has 0 radical (unpaired) electrons. The number of benzene rings is 2. The van der Waals surface area contributed by atoms with E-state index in [1.165, 1.54) is 43.3 Å². The number of nitrogens with one attached hydrogen (secondary N) is 8. The van der Waals surface area contributed by atoms with E-state index in [1.807, 2.05) is 31.2 Å². The van der Waals surface area contributed by atoms with Crippen LogP contribution in [0, 0.1) is 0 Å². The molecule has 1 aliphatic rings. The molecule has 4 aromatic rings. The van der Waals surface area contributed by atoms with Crippen LogP contribution in [0.15, 0.2) is 78.3 Å². The number of rotatable bonds is 17. The van der Waals surface area contributed by atoms with E-state index >= 15 is 9.59 Å². The summed E-state index contributed by atoms with van der Waals surface area (Å²) in [6.45, 7) is 3.28. The Morgan fingerprint density at radius 1 is 0.803 bits per heavy atom. The Labute approximate surface area is 441 Å². The number of carbonyl (C=O) groups is 9. The third kappa shape index (κ3) is 17.4. The van der Waals surface area contributed by atoms with Crippen LogP contribution in [-0.4, -0.2) is 153 Å². The molecule has 76 heavy (non-hydrogen) atoms. The van der Waals surface area contributed by atoms with E-state index in [9.17, 15) is 33.6 Å². The van der Waals surface area contributed by atoms with Crippen LogP contribution in [0.1, 0.15) is 88.5 Å². The zero-order chi connectivity index (χ0) is 55.3. The van der Waals surface area contributed by atoms with Gasteiger partial charge in [0, 0.05) is 82.4 Å². The lowest BCUT2D eigenvalue weighted by molar-refractivity contribution is -0.149. The highest BCUT2D eigenvalue weighted by Crippen LogP contribution is 2.21. The summed E-state index contributed by atoms with van der Waals surface area (Å²) in [6.07, 6.45) is 5.88. The second kappa shape index (κ2) is 29.0. The molecule has 24 nitrogen and oxygen atoms in total. The standard InChI is InChI=1S/C52H73N15O9/c1-5-6-18-38(61-31(2)68)46(71)63-40-27-44(69)57-22-13-12-20-37(45(53)70)62-47(72)39(25-33-28-59-36-19-11-10-17-35(33)36)64-49(74)42(21-14-23-58-52(54)55)66(3)51(76)43(24-32-15-8-7-9-16-32)67(4)50(75)41(65-48(40)73)26-34-29-56-30-60-34/h7-11,15-17,19,28-30,37-43,59H,5-6,12-14,18,20-27H2,1-4H3,(H2,53,70)(H,56,60)(H,57,69)(H,61,68)(H,62,72)(H,63,71)(H,64,74)(H,65,73)(H4,54,55,58)/t37-,38-,39-,40-,41-,42-,43+/m0/s1. The molecule has 7 atom stereocenters. The first kappa shape index (κ1) is 58.6. The molecule has 0 unspecified atom stereocenters. The fourth-order valence-corrected chi connectivity index (χ4v) is 9.02. The summed E-state index contributed by atoms with van der Waals surface area (Å²) in [7, 11) is 2.79. The maximum atomic E-state index is 15.3. The second-order valence-electron chi connectivity index (χ2n) is 19.0. The molecule has 2 aromatic heterocycles. The first-order valence-electron chi connectivity index (χ1n) is 25.6. The number of aromatic nitrogens is 3. The molecule has 0 saturated carbocycles. The fraction of sp³-hybridized carbons (Fsp3) is 0.481. The van der Waals surface area contributed by atoms with Crippen LogP contribution in [0.3, 0.4) is 0 Å². The van der Waals surface area contributed by atoms with E-state index in [-0.39, 0.29) is 76.8 Å². The summed E-state index contributed by atoms with van der Waals surface area (Å²) in [4.78, 5) is 144. The van der Waals surface area contributed by atoms with E-state index in [0.29, 0.717) is 29.7 Å². The number of aliphatic imine (C=N–C) groups is 1. The summed E-state index contributed by atoms with van der Waals surface area (Å²) in [5.41, 5.74) is 19.6. The molecule has 1 saturated heterocycles. The van der Waals surface area contributed by atoms with Crippen LogP contribution < -0.4 is 49.1 Å². The molecule has 410 valence electrons. The summed E-state index contributed by atoms with van der Waals surface area (Å²) >= 11 is 0. The number of unbranched alkanes of at least 4 members (excludes halogenated alkanes) is 1. The van der Waals surface area contributed by atoms with E-state index in [2.05, 4.69) is 51.8 Å². The number of hydrogen-bond acceptors (Lipinski definition) is 11. The smallest absolute Gasteiger partial charge is 0.246 e. The maximum absolute atomic E-state index is 15.3. The predicted octanol–water partition coefficient (Wildman–Crippen LogP) is -0.564. The molecule has 2 aromatic carbocycles. The van der Waals surface area contributed by atoms with E-state index in [0.717, 1.165) is 10.9 Å². The van der Waals surface area contributed by atoms with E-state index in [1.54, 1.807) is 36.5 Å². The van der Waals surface area contributed by atoms with Gasteiger partial charge in [-0.3, -0.25) is 48.1 Å². The third-order valence-corrected chi connectivity index (χ3v) is 13.2. The predicted molar refractivity (Wildman–Crippen MR) is 283 cm³/mol. The lowest BCUT2D eigenvalue weighted by atomic mass is 9.99. The van der Waals surface area contributed by atoms with Gasteiger partial charge in [0.1, 0.15) is 42.3 Å². The number of likely N-dealkylation sites (N-methyl/N-ethyl adjacent to an activating group) is 2. The van der Waals surface area contributed by atoms with Gasteiger partial charge in [-0.25, -0.2) is 4.98 Å². The highest BCUT2D eigenvalue weighted by Gasteiger charge is 2.40. The Morgan fingerprint density at radius 3 is 2.20 bits per heavy atom. The van der Waals surface area contributed by atoms with Crippen molar-refractivity contribution >= 4 is 70.0 Å². The van der Waals surface area contributed by atoms with Crippen molar-refractivity contribution in [1.82, 2.24) is 56.7 Å². The van der Waals surface area contributed by atoms with Gasteiger partial charge in [0.25, 0.3) is 0 Å². The molecule has 24 heteroatoms. The maximum Gasteiger partial charge on any atom is 0.246 e. The van der Waals surface area contributed by atoms with Crippen molar-refractivity contribution in [3.63, 3.8) is 0 Å². The van der Waals surface area contributed by atoms with Gasteiger partial charge < -0.3 is 68.9 Å². The van der Waals surface area contributed by atoms with Crippen molar-refractivity contribution in [1.29, 1.82) is 0 Å². The minimum atomic E-state index is -1.58. The van der Waals surface area contributed by atoms with Crippen molar-refractivity contribution in [3.05, 3.63) is 90.1 Å². The minimum absolute atomic E-state index is 0.0223. The lowest BCUT2D eigenvalue weighted by Gasteiger charge is -2.36. The van der Waals surface area contributed by atoms with Crippen LogP contribution in [0.5, 0.6) is 0 Å². The number of aromatic amines is 2. The average Bonchev–Trinajstić information content (AvgIpc) is 4.07. The number of amides is 9. The van der Waals surface area contributed by atoms with Crippen molar-refractivity contribution in [2.45, 2.75) is 133 Å². The number of para-hydroxylation sites is 1. The number of nitrogens with zero attached hydrogens (tertiary/aromatic N) is 4. The Balaban J connectivity index is 1.60. The van der Waals surface area contributed by atoms with Gasteiger partial charge in [-0.05, 0) is 55.7 Å². The number of carbonyl (C=O) groups excluding carboxylic acids is 9. The number of nitrogens with two attached hydrogens (primary N) is 3. The number of primary amides is 1. The minimum Gasteiger partial charge on any atom is -0.370 e. The lowest BCUT2D eigenvalue weighted by Crippen LogP contribution is -2.61. The average molecular weight is 1050 g/mol. The first-order valence-corrected chi connectivity index (χ1v) is 25.6. The molecule has 5 rings (SSSR count). The molecule has 0 aliphatic carbocycles. The first-order chi connectivity index (χ1) is 36.4. The Hall–Kier alpha value is -8.31. The SMILES string of the molecule is CCCC[C@H](NC(C)=O)C(=O)N[C@H]1CC(=O)NCCCC[C@@H](C(N)=O)NC(=O)[C@H](Cc2c[nH]c3ccccc23)NC(=O)[C@H](CCCN=C(N)N)N(C)C(=O)[C@@H](Cc2ccccc2)N(C)C(=O)[C@H](Cc2cnc[nH]2)NC1=O. The summed E-state index contributed by atoms with van der Waals surface area (Å²) in [5.74, 6) is -6.78. The van der Waals surface area contributed by atoms with Gasteiger partial charge >= 0.3 is 0 Å². The number of H-pyrrole nitrogens is 2. The number of guanidine groups is 1. The van der Waals surface area contributed by atoms with Crippen molar-refractivity contribution in [2.24, 2.45) is 22.2 Å². The van der Waals surface area contributed by atoms with Gasteiger partial charge in [-0.2, -0.15) is 0 Å². The summed E-state index contributed by atoms with van der Waals surface area (Å²) in [5, 5.41) is 17.1. The number of fused-ring (bicyclic) bond motifs is 1. The quantitative estimate of drug-likeness (QED) is 0.0360. The molecular formula is C52H73N15O9. The van der Waals surface area contributed by atoms with Crippen LogP contribution in [0.2, 0.25) is 0 Å². The summed E-state index contributed by atoms with van der Waals surface area (Å²) in [6, 6.07) is 6.97. The molecule has 1 fully saturated rings. The van der Waals surface area contributed by atoms with Gasteiger partial charge in [-0.1, -0.05) is 68.3 Å². The molecule has 3 heterocycles. The van der Waals surface area contributed by atoms with Gasteiger partial charge in [0.15, 0.2) is 5.96 Å². The topological polar surface area (TPSA) is 367 Å². The van der Waals surface area contributed by atoms with Gasteiger partial charge in [-0.15, -0.1) is 0 Å². The zero-order valence-corrected chi connectivity index (χ0v) is 43.6. The Kier molecular flexibility index (Phi) is 22.3. The third-order valence-electron chi connectivity index (χ3n) is 13.2. The normalized spacial score (nSPS) is 21.4. The Bertz CT molecular complexity index is 2660. The summed E-state index contributed by atoms with van der Waals surface area (Å²) < 4.78 is 0. The Morgan fingerprint density at radius 2 is 1.51 bits per heavy atom. The van der Waals surface area contributed by atoms with Crippen LogP contribution in [0.25, 0.3) is 10.9 Å². The number of imidazole rings is 1. The van der Waals surface area contributed by atoms with Crippen LogP contribution in [-0.2, 0) is 62.4 Å². The molecular weight excluding hydrogens is 979 g/mol.